The van der Waals surface area contributed by atoms with Crippen molar-refractivity contribution < 1.29 is 14.3 Å². The average molecular weight is 742 g/mol. The van der Waals surface area contributed by atoms with Gasteiger partial charge in [-0.2, -0.15) is 0 Å². The van der Waals surface area contributed by atoms with Crippen molar-refractivity contribution in [3.8, 4) is 0 Å². The average Bonchev–Trinajstić information content (AvgIpc) is 3.44. The van der Waals surface area contributed by atoms with Crippen LogP contribution >= 0.6 is 11.6 Å². The first-order chi connectivity index (χ1) is 25.1. The molecule has 5 N–H and O–H groups in total. The predicted molar refractivity (Wildman–Crippen MR) is 225 cm³/mol. The maximum atomic E-state index is 11.8. The van der Waals surface area contributed by atoms with Crippen molar-refractivity contribution in [2.75, 3.05) is 66.4 Å². The number of unbranched alkanes of at least 4 members (excludes halogenated alkanes) is 1. The lowest BCUT2D eigenvalue weighted by Crippen LogP contribution is -2.35. The van der Waals surface area contributed by atoms with E-state index in [-0.39, 0.29) is 0 Å². The number of allylic oxidation sites excluding steroid dienone is 1. The van der Waals surface area contributed by atoms with E-state index >= 15 is 0 Å². The number of benzene rings is 2. The van der Waals surface area contributed by atoms with E-state index in [2.05, 4.69) is 65.4 Å². The van der Waals surface area contributed by atoms with Gasteiger partial charge in [0.05, 0.1) is 29.4 Å². The number of aromatic amines is 1. The molecule has 2 heterocycles. The summed E-state index contributed by atoms with van der Waals surface area (Å²) in [6.07, 6.45) is 8.88. The number of hydrogen-bond acceptors (Lipinski definition) is 7. The highest BCUT2D eigenvalue weighted by molar-refractivity contribution is 6.35. The van der Waals surface area contributed by atoms with Gasteiger partial charge in [0, 0.05) is 70.2 Å². The Bertz CT molecular complexity index is 1440. The highest BCUT2D eigenvalue weighted by Gasteiger charge is 2.18. The zero-order valence-corrected chi connectivity index (χ0v) is 34.4. The number of aromatic nitrogens is 1. The Morgan fingerprint density at radius 2 is 1.71 bits per heavy atom. The van der Waals surface area contributed by atoms with Crippen LogP contribution < -0.4 is 16.4 Å². The number of anilines is 1. The summed E-state index contributed by atoms with van der Waals surface area (Å²) in [7, 11) is 7.11. The molecule has 1 aliphatic heterocycles. The summed E-state index contributed by atoms with van der Waals surface area (Å²) < 4.78 is 10.8. The van der Waals surface area contributed by atoms with E-state index in [1.807, 2.05) is 76.2 Å². The molecule has 0 atom stereocenters. The number of likely N-dealkylation sites (N-methyl/N-ethyl adjacent to an activating group) is 1. The number of nitrogens with one attached hydrogen (secondary N) is 3. The number of rotatable bonds is 15. The van der Waals surface area contributed by atoms with E-state index in [1.54, 1.807) is 13.3 Å². The van der Waals surface area contributed by atoms with Gasteiger partial charge in [0.25, 0.3) is 0 Å². The monoisotopic (exact) mass is 741 g/mol. The van der Waals surface area contributed by atoms with Crippen molar-refractivity contribution in [3.05, 3.63) is 101 Å². The summed E-state index contributed by atoms with van der Waals surface area (Å²) in [5, 5.41) is 8.25. The summed E-state index contributed by atoms with van der Waals surface area (Å²) >= 11 is 6.19. The second-order valence-electron chi connectivity index (χ2n) is 12.0. The molecule has 10 heteroatoms. The molecule has 1 amide bonds. The fourth-order valence-electron chi connectivity index (χ4n) is 5.07. The summed E-state index contributed by atoms with van der Waals surface area (Å²) in [5.74, 6) is 1.77. The number of H-pyrrole nitrogens is 1. The topological polar surface area (TPSA) is 108 Å². The number of ether oxygens (including phenoxy) is 2. The summed E-state index contributed by atoms with van der Waals surface area (Å²) in [4.78, 5) is 19.1. The van der Waals surface area contributed by atoms with Crippen LogP contribution in [0.3, 0.4) is 0 Å². The first kappa shape index (κ1) is 48.1. The van der Waals surface area contributed by atoms with Crippen LogP contribution in [0.1, 0.15) is 78.2 Å². The molecular weight excluding hydrogens is 672 g/mol. The lowest BCUT2D eigenvalue weighted by molar-refractivity contribution is -0.130. The minimum absolute atomic E-state index is 0.295. The number of halogens is 1. The number of carbonyl (C=O) groups excluding carboxylic acids is 1. The van der Waals surface area contributed by atoms with Crippen LogP contribution in [0.15, 0.2) is 90.7 Å². The van der Waals surface area contributed by atoms with Crippen LogP contribution in [0.25, 0.3) is 10.9 Å². The lowest BCUT2D eigenvalue weighted by atomic mass is 10.2. The van der Waals surface area contributed by atoms with Gasteiger partial charge in [-0.25, -0.2) is 0 Å². The van der Waals surface area contributed by atoms with E-state index < -0.39 is 0 Å². The molecule has 0 spiro atoms. The van der Waals surface area contributed by atoms with E-state index in [0.29, 0.717) is 36.3 Å². The van der Waals surface area contributed by atoms with Crippen molar-refractivity contribution >= 4 is 34.1 Å². The van der Waals surface area contributed by atoms with Crippen LogP contribution in [0.2, 0.25) is 5.02 Å². The van der Waals surface area contributed by atoms with Crippen molar-refractivity contribution in [1.29, 1.82) is 0 Å². The van der Waals surface area contributed by atoms with Gasteiger partial charge in [-0.15, -0.1) is 0 Å². The highest BCUT2D eigenvalue weighted by atomic mass is 35.5. The third-order valence-electron chi connectivity index (χ3n) is 8.07. The Kier molecular flexibility index (Phi) is 27.4. The Morgan fingerprint density at radius 3 is 2.31 bits per heavy atom. The molecule has 0 radical (unpaired) electrons. The molecule has 1 saturated heterocycles. The maximum absolute atomic E-state index is 11.8. The molecule has 9 nitrogen and oxygen atoms in total. The van der Waals surface area contributed by atoms with Crippen LogP contribution in [0, 0.1) is 6.92 Å². The fourth-order valence-corrected chi connectivity index (χ4v) is 5.28. The van der Waals surface area contributed by atoms with E-state index in [9.17, 15) is 4.79 Å². The van der Waals surface area contributed by atoms with E-state index in [4.69, 9.17) is 21.1 Å². The standard InChI is InChI=1S/C19H26ClN3O2.C13H24N2O.C7H8.C2H6.CH5N/c1-13(14(2)25-11-6-5-10-24-4)19(21-3)23-17-9-7-8-15-16(20)12-22-18(15)17;1-4-9-14(3)12(2)11-15-10-7-5-6-8-13(15)16;1-7-5-3-2-4-6-7;2*1-2/h7-9,12,21-23H,2,5-6,10-11H2,1,3-4H3;2,4-11H2,1,3H3;2-6H,1H3;1-2H3;2H2,1H3/b19-13+;;;;. The van der Waals surface area contributed by atoms with E-state index in [1.165, 1.54) is 19.0 Å². The third-order valence-corrected chi connectivity index (χ3v) is 8.38. The minimum Gasteiger partial charge on any atom is -0.494 e. The highest BCUT2D eigenvalue weighted by Crippen LogP contribution is 2.29. The number of fused-ring (bicyclic) bond motifs is 1. The summed E-state index contributed by atoms with van der Waals surface area (Å²) in [5.41, 5.74) is 9.68. The lowest BCUT2D eigenvalue weighted by Gasteiger charge is -2.27. The van der Waals surface area contributed by atoms with Crippen molar-refractivity contribution in [1.82, 2.24) is 20.1 Å². The minimum atomic E-state index is 0.295. The zero-order chi connectivity index (χ0) is 39.3. The van der Waals surface area contributed by atoms with Crippen molar-refractivity contribution in [2.45, 2.75) is 79.6 Å². The molecular formula is C42H69ClN6O3. The number of hydrogen-bond donors (Lipinski definition) is 4. The zero-order valence-electron chi connectivity index (χ0n) is 33.7. The largest absolute Gasteiger partial charge is 0.494 e. The smallest absolute Gasteiger partial charge is 0.222 e. The molecule has 3 aromatic rings. The number of nitrogens with two attached hydrogens (primary N) is 1. The first-order valence-electron chi connectivity index (χ1n) is 18.6. The molecule has 1 aliphatic rings. The second kappa shape index (κ2) is 29.6. The first-order valence-corrected chi connectivity index (χ1v) is 19.0. The predicted octanol–water partition coefficient (Wildman–Crippen LogP) is 9.48. The number of aryl methyl sites for hydroxylation is 1. The molecule has 1 aromatic heterocycles. The number of likely N-dealkylation sites (tertiary alicyclic amines) is 1. The van der Waals surface area contributed by atoms with Crippen LogP contribution in [0.4, 0.5) is 5.69 Å². The molecule has 0 aliphatic carbocycles. The van der Waals surface area contributed by atoms with Gasteiger partial charge in [0.1, 0.15) is 11.6 Å². The van der Waals surface area contributed by atoms with E-state index in [0.717, 1.165) is 85.5 Å². The molecule has 1 fully saturated rings. The molecule has 0 saturated carbocycles. The fraction of sp³-hybridized carbons (Fsp3) is 0.500. The van der Waals surface area contributed by atoms with Crippen LogP contribution in [-0.2, 0) is 14.3 Å². The third kappa shape index (κ3) is 18.5. The molecule has 52 heavy (non-hydrogen) atoms. The van der Waals surface area contributed by atoms with Crippen molar-refractivity contribution in [2.24, 2.45) is 5.73 Å². The molecule has 0 bridgehead atoms. The Morgan fingerprint density at radius 1 is 1.04 bits per heavy atom. The normalized spacial score (nSPS) is 12.4. The Hall–Kier alpha value is -3.92. The van der Waals surface area contributed by atoms with Gasteiger partial charge in [-0.1, -0.05) is 100.0 Å². The second-order valence-corrected chi connectivity index (χ2v) is 12.4. The number of methoxy groups -OCH3 is 1. The molecule has 4 rings (SSSR count). The molecule has 0 unspecified atom stereocenters. The number of para-hydroxylation sites is 1. The van der Waals surface area contributed by atoms with Gasteiger partial charge >= 0.3 is 0 Å². The van der Waals surface area contributed by atoms with Gasteiger partial charge in [0.15, 0.2) is 0 Å². The van der Waals surface area contributed by atoms with Gasteiger partial charge in [0.2, 0.25) is 5.91 Å². The van der Waals surface area contributed by atoms with Gasteiger partial charge in [-0.05, 0) is 59.1 Å². The summed E-state index contributed by atoms with van der Waals surface area (Å²) in [6.45, 7) is 22.3. The van der Waals surface area contributed by atoms with Gasteiger partial charge < -0.3 is 40.6 Å². The number of amides is 1. The van der Waals surface area contributed by atoms with Crippen LogP contribution in [0.5, 0.6) is 0 Å². The molecule has 292 valence electrons. The number of nitrogens with zero attached hydrogens (tertiary/aromatic N) is 2. The SMILES string of the molecule is C=C(CN1CCCCCC1=O)N(C)CCC.C=C(OCCCCOC)/C(C)=C(\NC)Nc1cccc2c(Cl)c[nH]c12.CC.CN.Cc1ccccc1. The maximum Gasteiger partial charge on any atom is 0.222 e. The quantitative estimate of drug-likeness (QED) is 0.0699. The van der Waals surface area contributed by atoms with Crippen molar-refractivity contribution in [3.63, 3.8) is 0 Å². The Balaban J connectivity index is 0.000000818. The van der Waals surface area contributed by atoms with Gasteiger partial charge in [-0.3, -0.25) is 4.79 Å². The summed E-state index contributed by atoms with van der Waals surface area (Å²) in [6, 6.07) is 16.2. The Labute approximate surface area is 320 Å². The number of carbonyl (C=O) groups is 1. The van der Waals surface area contributed by atoms with Crippen LogP contribution in [-0.4, -0.2) is 81.8 Å². The molecule has 2 aromatic carbocycles.